The molecule has 25 heteroatoms. The lowest BCUT2D eigenvalue weighted by molar-refractivity contribution is -0.142. The average molecular weight is 961 g/mol. The highest BCUT2D eigenvalue weighted by Crippen LogP contribution is 2.31. The molecule has 12 unspecified atom stereocenters. The summed E-state index contributed by atoms with van der Waals surface area (Å²) in [5.41, 5.74) is 5.81. The highest BCUT2D eigenvalue weighted by molar-refractivity contribution is 7.85. The molecule has 9 amide bonds. The number of rotatable bonds is 8. The number of phenolic OH excluding ortho intramolecular Hbond substituents is 1. The number of aliphatic hydroxyl groups is 3. The Morgan fingerprint density at radius 1 is 0.866 bits per heavy atom. The zero-order chi connectivity index (χ0) is 49.4. The predicted molar refractivity (Wildman–Crippen MR) is 236 cm³/mol. The molecule has 2 aromatic rings. The van der Waals surface area contributed by atoms with E-state index in [0.717, 1.165) is 4.90 Å². The molecule has 5 rings (SSSR count). The van der Waals surface area contributed by atoms with E-state index in [1.165, 1.54) is 25.1 Å². The summed E-state index contributed by atoms with van der Waals surface area (Å²) in [5, 5.41) is 59.6. The van der Waals surface area contributed by atoms with E-state index in [-0.39, 0.29) is 46.6 Å². The molecule has 24 nitrogen and oxygen atoms in total. The average Bonchev–Trinajstić information content (AvgIpc) is 3.85. The molecule has 0 aliphatic carbocycles. The predicted octanol–water partition coefficient (Wildman–Crippen LogP) is -4.89. The molecule has 14 N–H and O–H groups in total. The molecule has 12 atom stereocenters. The van der Waals surface area contributed by atoms with Crippen molar-refractivity contribution in [3.63, 3.8) is 0 Å². The highest BCUT2D eigenvalue weighted by atomic mass is 32.2. The summed E-state index contributed by atoms with van der Waals surface area (Å²) in [4.78, 5) is 129. The molecule has 0 saturated carbocycles. The number of aromatic nitrogens is 1. The van der Waals surface area contributed by atoms with Gasteiger partial charge in [-0.1, -0.05) is 34.1 Å². The quantitative estimate of drug-likeness (QED) is 0.118. The Morgan fingerprint density at radius 3 is 2.18 bits per heavy atom. The monoisotopic (exact) mass is 960 g/mol. The molecule has 0 spiro atoms. The maximum Gasteiger partial charge on any atom is 0.246 e. The number of amides is 9. The second-order valence-electron chi connectivity index (χ2n) is 17.2. The van der Waals surface area contributed by atoms with Gasteiger partial charge in [0.1, 0.15) is 41.0 Å². The summed E-state index contributed by atoms with van der Waals surface area (Å²) >= 11 is 0. The number of aromatic amines is 1. The van der Waals surface area contributed by atoms with Crippen molar-refractivity contribution in [1.82, 2.24) is 47.1 Å². The van der Waals surface area contributed by atoms with Crippen molar-refractivity contribution < 1.29 is 67.8 Å². The van der Waals surface area contributed by atoms with Crippen LogP contribution in [-0.4, -0.2) is 168 Å². The van der Waals surface area contributed by atoms with Crippen LogP contribution in [0.3, 0.4) is 0 Å². The number of fused-ring (bicyclic) bond motifs is 5. The van der Waals surface area contributed by atoms with Crippen molar-refractivity contribution in [1.29, 1.82) is 0 Å². The number of carbonyl (C=O) groups is 9. The number of primary amides is 1. The number of phenols is 1. The minimum absolute atomic E-state index is 0.00847. The molecule has 67 heavy (non-hydrogen) atoms. The lowest BCUT2D eigenvalue weighted by atomic mass is 9.90. The van der Waals surface area contributed by atoms with Crippen LogP contribution in [0.15, 0.2) is 23.2 Å². The first-order valence-corrected chi connectivity index (χ1v) is 23.3. The lowest BCUT2D eigenvalue weighted by Crippen LogP contribution is -2.60. The molecule has 1 aromatic carbocycles. The first-order chi connectivity index (χ1) is 31.7. The van der Waals surface area contributed by atoms with Crippen LogP contribution >= 0.6 is 0 Å². The minimum atomic E-state index is -2.39. The van der Waals surface area contributed by atoms with Gasteiger partial charge in [-0.2, -0.15) is 0 Å². The van der Waals surface area contributed by atoms with Crippen molar-refractivity contribution in [2.45, 2.75) is 113 Å². The van der Waals surface area contributed by atoms with Gasteiger partial charge >= 0.3 is 0 Å². The van der Waals surface area contributed by atoms with Crippen LogP contribution in [0, 0.1) is 17.8 Å². The van der Waals surface area contributed by atoms with Crippen LogP contribution in [0.1, 0.15) is 58.9 Å². The highest BCUT2D eigenvalue weighted by Gasteiger charge is 2.46. The van der Waals surface area contributed by atoms with Crippen molar-refractivity contribution in [2.75, 3.05) is 32.0 Å². The van der Waals surface area contributed by atoms with Gasteiger partial charge in [0, 0.05) is 36.4 Å². The van der Waals surface area contributed by atoms with Gasteiger partial charge in [-0.05, 0) is 36.5 Å². The third-order valence-corrected chi connectivity index (χ3v) is 14.0. The van der Waals surface area contributed by atoms with Crippen LogP contribution in [0.5, 0.6) is 5.75 Å². The lowest BCUT2D eigenvalue weighted by Gasteiger charge is -2.35. The topological polar surface area (TPSA) is 381 Å². The number of hydrogen-bond acceptors (Lipinski definition) is 14. The van der Waals surface area contributed by atoms with Crippen LogP contribution in [0.25, 0.3) is 10.9 Å². The van der Waals surface area contributed by atoms with E-state index in [1.807, 2.05) is 0 Å². The third-order valence-electron chi connectivity index (χ3n) is 12.5. The Bertz CT molecular complexity index is 2270. The summed E-state index contributed by atoms with van der Waals surface area (Å²) in [7, 11) is -2.39. The number of hydrogen-bond donors (Lipinski definition) is 13. The fraction of sp³-hybridized carbons (Fsp3) is 0.595. The fourth-order valence-electron chi connectivity index (χ4n) is 8.52. The molecule has 0 radical (unpaired) electrons. The summed E-state index contributed by atoms with van der Waals surface area (Å²) in [6.45, 7) is 3.57. The van der Waals surface area contributed by atoms with Crippen molar-refractivity contribution in [2.24, 2.45) is 23.5 Å². The Kier molecular flexibility index (Phi) is 17.4. The molecule has 2 bridgehead atoms. The van der Waals surface area contributed by atoms with Crippen LogP contribution in [-0.2, 0) is 60.4 Å². The van der Waals surface area contributed by atoms with Gasteiger partial charge in [0.2, 0.25) is 53.2 Å². The fourth-order valence-corrected chi connectivity index (χ4v) is 9.91. The van der Waals surface area contributed by atoms with E-state index in [9.17, 15) is 67.8 Å². The Balaban J connectivity index is 1.75. The van der Waals surface area contributed by atoms with Crippen LogP contribution < -0.4 is 43.0 Å². The standard InChI is InChI=1S/C42H60N10O14S/c1-5-18(3)34-39(63)45-13-32(58)46-28-17-67(66)41-24(23-8-7-20(54)9-25(23)49-41)11-26(37(61)44-14-33(59)50-34)47-40(64)35(19(4)30(56)16-53)51-36(60)22(6-2)29-10-21(55)15-52(29)42(65)27(12-31(43)57)48-38(28)62/h7-9,18-19,21-22,26-30,34-35,49,53-56H,5-6,10-17H2,1-4H3,(H2,43,57)(H,44,61)(H,45,63)(H,46,58)(H,47,64)(H,48,62)(H,50,59)(H,51,60). The van der Waals surface area contributed by atoms with Gasteiger partial charge < -0.3 is 73.3 Å². The number of nitrogens with two attached hydrogens (primary N) is 1. The number of benzene rings is 1. The Labute approximate surface area is 387 Å². The Hall–Kier alpha value is -6.18. The zero-order valence-corrected chi connectivity index (χ0v) is 38.3. The number of H-pyrrole nitrogens is 1. The summed E-state index contributed by atoms with van der Waals surface area (Å²) in [6.07, 6.45) is -3.99. The maximum atomic E-state index is 14.7. The summed E-state index contributed by atoms with van der Waals surface area (Å²) in [5.74, 6) is -12.7. The zero-order valence-electron chi connectivity index (χ0n) is 37.5. The molecule has 3 aliphatic rings. The molecule has 368 valence electrons. The number of nitrogens with zero attached hydrogens (tertiary/aromatic N) is 1. The molecular weight excluding hydrogens is 901 g/mol. The van der Waals surface area contributed by atoms with E-state index in [1.54, 1.807) is 20.8 Å². The molecule has 3 aliphatic heterocycles. The van der Waals surface area contributed by atoms with Gasteiger partial charge in [0.15, 0.2) is 0 Å². The third kappa shape index (κ3) is 12.4. The van der Waals surface area contributed by atoms with E-state index in [0.29, 0.717) is 6.42 Å². The van der Waals surface area contributed by atoms with Crippen molar-refractivity contribution in [3.05, 3.63) is 23.8 Å². The number of carbonyl (C=O) groups excluding carboxylic acids is 9. The van der Waals surface area contributed by atoms with Gasteiger partial charge in [-0.15, -0.1) is 0 Å². The first-order valence-electron chi connectivity index (χ1n) is 22.0. The van der Waals surface area contributed by atoms with Gasteiger partial charge in [0.05, 0.1) is 66.3 Å². The van der Waals surface area contributed by atoms with E-state index < -0.39 is 168 Å². The van der Waals surface area contributed by atoms with Gasteiger partial charge in [0.25, 0.3) is 0 Å². The maximum absolute atomic E-state index is 14.7. The second-order valence-corrected chi connectivity index (χ2v) is 18.6. The molecular formula is C42H60N10O14S. The van der Waals surface area contributed by atoms with Gasteiger partial charge in [-0.3, -0.25) is 47.4 Å². The number of aromatic hydroxyl groups is 1. The van der Waals surface area contributed by atoms with E-state index in [2.05, 4.69) is 42.2 Å². The smallest absolute Gasteiger partial charge is 0.246 e. The van der Waals surface area contributed by atoms with Crippen LogP contribution in [0.4, 0.5) is 0 Å². The normalized spacial score (nSPS) is 29.1. The molecule has 1 aromatic heterocycles. The minimum Gasteiger partial charge on any atom is -0.508 e. The van der Waals surface area contributed by atoms with E-state index >= 15 is 0 Å². The number of nitrogens with one attached hydrogen (secondary N) is 8. The largest absolute Gasteiger partial charge is 0.508 e. The Morgan fingerprint density at radius 2 is 1.54 bits per heavy atom. The summed E-state index contributed by atoms with van der Waals surface area (Å²) in [6, 6.07) is -5.37. The number of aliphatic hydroxyl groups excluding tert-OH is 3. The molecule has 4 heterocycles. The van der Waals surface area contributed by atoms with Crippen molar-refractivity contribution >= 4 is 74.9 Å². The first kappa shape index (κ1) is 51.8. The van der Waals surface area contributed by atoms with Crippen molar-refractivity contribution in [3.8, 4) is 5.75 Å². The molecule has 1 fully saturated rings. The summed E-state index contributed by atoms with van der Waals surface area (Å²) < 4.78 is 14.7. The SMILES string of the molecule is CCC(C)C1NC(=O)CNC(=O)C2Cc3c([nH]c4cc(O)ccc34)S(=O)CC(NC(=O)CNC1=O)C(=O)NC(CC(N)=O)C(=O)N1CC(O)CC1C(CC)C(=O)NC(C(C)C(O)CO)C(=O)N2. The second kappa shape index (κ2) is 22.5. The van der Waals surface area contributed by atoms with Gasteiger partial charge in [-0.25, -0.2) is 0 Å². The van der Waals surface area contributed by atoms with E-state index in [4.69, 9.17) is 5.73 Å². The van der Waals surface area contributed by atoms with Crippen LogP contribution in [0.2, 0.25) is 0 Å². The molecule has 1 saturated heterocycles.